The lowest BCUT2D eigenvalue weighted by molar-refractivity contribution is 0.157. The summed E-state index contributed by atoms with van der Waals surface area (Å²) in [6, 6.07) is 5.78. The fourth-order valence-electron chi connectivity index (χ4n) is 2.91. The van der Waals surface area contributed by atoms with Crippen LogP contribution >= 0.6 is 47.4 Å². The molecule has 1 N–H and O–H groups in total. The lowest BCUT2D eigenvalue weighted by atomic mass is 9.98. The second-order valence-electron chi connectivity index (χ2n) is 5.65. The van der Waals surface area contributed by atoms with Gasteiger partial charge in [-0.25, -0.2) is 4.39 Å². The predicted molar refractivity (Wildman–Crippen MR) is 98.1 cm³/mol. The SMILES string of the molecule is Cl.Cl.Fc1ccc(I)cc1[C@H](CC1CC1)N1CCNCC1. The maximum atomic E-state index is 14.2. The molecule has 0 aromatic heterocycles. The molecule has 1 saturated carbocycles. The number of nitrogens with one attached hydrogen (secondary N) is 1. The molecule has 120 valence electrons. The van der Waals surface area contributed by atoms with Crippen molar-refractivity contribution in [2.24, 2.45) is 5.92 Å². The summed E-state index contributed by atoms with van der Waals surface area (Å²) in [5, 5.41) is 3.38. The summed E-state index contributed by atoms with van der Waals surface area (Å²) in [7, 11) is 0. The van der Waals surface area contributed by atoms with E-state index in [4.69, 9.17) is 0 Å². The normalized spacial score (nSPS) is 20.3. The van der Waals surface area contributed by atoms with Gasteiger partial charge in [-0.2, -0.15) is 0 Å². The molecule has 1 aliphatic heterocycles. The Morgan fingerprint density at radius 2 is 1.90 bits per heavy atom. The number of halogens is 4. The fourth-order valence-corrected chi connectivity index (χ4v) is 3.42. The van der Waals surface area contributed by atoms with E-state index in [-0.39, 0.29) is 36.7 Å². The van der Waals surface area contributed by atoms with E-state index in [1.807, 2.05) is 12.1 Å². The zero-order chi connectivity index (χ0) is 13.2. The quantitative estimate of drug-likeness (QED) is 0.702. The van der Waals surface area contributed by atoms with Crippen molar-refractivity contribution in [2.45, 2.75) is 25.3 Å². The van der Waals surface area contributed by atoms with Gasteiger partial charge in [0.15, 0.2) is 0 Å². The molecule has 2 nitrogen and oxygen atoms in total. The van der Waals surface area contributed by atoms with Crippen molar-refractivity contribution in [3.63, 3.8) is 0 Å². The molecule has 2 fully saturated rings. The minimum absolute atomic E-state index is 0. The van der Waals surface area contributed by atoms with Gasteiger partial charge in [-0.15, -0.1) is 24.8 Å². The van der Waals surface area contributed by atoms with Gasteiger partial charge in [-0.3, -0.25) is 4.90 Å². The molecular formula is C15H22Cl2FIN2. The van der Waals surface area contributed by atoms with Crippen LogP contribution in [-0.4, -0.2) is 31.1 Å². The molecule has 0 bridgehead atoms. The van der Waals surface area contributed by atoms with Crippen LogP contribution in [0.3, 0.4) is 0 Å². The van der Waals surface area contributed by atoms with Crippen molar-refractivity contribution in [2.75, 3.05) is 26.2 Å². The van der Waals surface area contributed by atoms with Gasteiger partial charge >= 0.3 is 0 Å². The molecule has 1 atom stereocenters. The average Bonchev–Trinajstić information content (AvgIpc) is 3.24. The first-order valence-electron chi connectivity index (χ1n) is 7.14. The highest BCUT2D eigenvalue weighted by Gasteiger charge is 2.31. The van der Waals surface area contributed by atoms with Crippen molar-refractivity contribution in [3.8, 4) is 0 Å². The van der Waals surface area contributed by atoms with Crippen LogP contribution in [0.4, 0.5) is 4.39 Å². The molecule has 1 heterocycles. The predicted octanol–water partition coefficient (Wildman–Crippen LogP) is 4.02. The first-order valence-corrected chi connectivity index (χ1v) is 8.21. The first-order chi connectivity index (χ1) is 9.24. The number of rotatable bonds is 4. The molecule has 0 unspecified atom stereocenters. The Hall–Kier alpha value is 0.380. The minimum Gasteiger partial charge on any atom is -0.314 e. The zero-order valence-electron chi connectivity index (χ0n) is 11.9. The second kappa shape index (κ2) is 8.87. The van der Waals surface area contributed by atoms with Crippen molar-refractivity contribution < 1.29 is 4.39 Å². The first kappa shape index (κ1) is 19.4. The summed E-state index contributed by atoms with van der Waals surface area (Å²) in [4.78, 5) is 2.46. The Kier molecular flexibility index (Phi) is 8.20. The van der Waals surface area contributed by atoms with Crippen molar-refractivity contribution in [1.82, 2.24) is 10.2 Å². The monoisotopic (exact) mass is 446 g/mol. The van der Waals surface area contributed by atoms with Crippen LogP contribution in [0.15, 0.2) is 18.2 Å². The molecule has 0 spiro atoms. The second-order valence-corrected chi connectivity index (χ2v) is 6.89. The van der Waals surface area contributed by atoms with E-state index < -0.39 is 0 Å². The van der Waals surface area contributed by atoms with Gasteiger partial charge in [0.1, 0.15) is 5.82 Å². The summed E-state index contributed by atoms with van der Waals surface area (Å²) in [6.45, 7) is 4.10. The number of benzene rings is 1. The van der Waals surface area contributed by atoms with Crippen LogP contribution in [0.2, 0.25) is 0 Å². The summed E-state index contributed by atoms with van der Waals surface area (Å²) >= 11 is 2.28. The standard InChI is InChI=1S/C15H20FIN2.2ClH/c16-14-4-3-12(17)10-13(14)15(9-11-1-2-11)19-7-5-18-6-8-19;;/h3-4,10-11,15,18H,1-2,5-9H2;2*1H/t15-;;/m0../s1. The topological polar surface area (TPSA) is 15.3 Å². The maximum absolute atomic E-state index is 14.2. The van der Waals surface area contributed by atoms with Crippen LogP contribution in [0.1, 0.15) is 30.9 Å². The average molecular weight is 447 g/mol. The third-order valence-corrected chi connectivity index (χ3v) is 4.83. The summed E-state index contributed by atoms with van der Waals surface area (Å²) < 4.78 is 15.3. The van der Waals surface area contributed by atoms with Crippen LogP contribution in [0, 0.1) is 15.3 Å². The lowest BCUT2D eigenvalue weighted by Crippen LogP contribution is -2.45. The smallest absolute Gasteiger partial charge is 0.128 e. The Balaban J connectivity index is 0.00000110. The van der Waals surface area contributed by atoms with Gasteiger partial charge in [0, 0.05) is 41.4 Å². The summed E-state index contributed by atoms with van der Waals surface area (Å²) in [5.41, 5.74) is 0.903. The van der Waals surface area contributed by atoms with Crippen LogP contribution in [0.25, 0.3) is 0 Å². The molecular weight excluding hydrogens is 425 g/mol. The number of hydrogen-bond acceptors (Lipinski definition) is 2. The van der Waals surface area contributed by atoms with E-state index in [9.17, 15) is 4.39 Å². The molecule has 1 aliphatic carbocycles. The fraction of sp³-hybridized carbons (Fsp3) is 0.600. The Morgan fingerprint density at radius 1 is 1.24 bits per heavy atom. The van der Waals surface area contributed by atoms with E-state index in [1.165, 1.54) is 12.8 Å². The molecule has 0 radical (unpaired) electrons. The highest BCUT2D eigenvalue weighted by molar-refractivity contribution is 14.1. The van der Waals surface area contributed by atoms with E-state index in [0.29, 0.717) is 0 Å². The van der Waals surface area contributed by atoms with Crippen molar-refractivity contribution in [1.29, 1.82) is 0 Å². The zero-order valence-corrected chi connectivity index (χ0v) is 15.6. The lowest BCUT2D eigenvalue weighted by Gasteiger charge is -2.35. The van der Waals surface area contributed by atoms with E-state index >= 15 is 0 Å². The maximum Gasteiger partial charge on any atom is 0.128 e. The van der Waals surface area contributed by atoms with E-state index in [1.54, 1.807) is 6.07 Å². The highest BCUT2D eigenvalue weighted by Crippen LogP contribution is 2.41. The van der Waals surface area contributed by atoms with Crippen LogP contribution in [-0.2, 0) is 0 Å². The number of piperazine rings is 1. The number of nitrogens with zero attached hydrogens (tertiary/aromatic N) is 1. The Labute approximate surface area is 152 Å². The van der Waals surface area contributed by atoms with Crippen LogP contribution < -0.4 is 5.32 Å². The third-order valence-electron chi connectivity index (χ3n) is 4.16. The highest BCUT2D eigenvalue weighted by atomic mass is 127. The molecule has 21 heavy (non-hydrogen) atoms. The van der Waals surface area contributed by atoms with Crippen molar-refractivity contribution >= 4 is 47.4 Å². The largest absolute Gasteiger partial charge is 0.314 e. The minimum atomic E-state index is -0.0374. The van der Waals surface area contributed by atoms with Gasteiger partial charge in [-0.1, -0.05) is 12.8 Å². The van der Waals surface area contributed by atoms with Gasteiger partial charge in [-0.05, 0) is 53.1 Å². The number of hydrogen-bond donors (Lipinski definition) is 1. The Morgan fingerprint density at radius 3 is 2.52 bits per heavy atom. The third kappa shape index (κ3) is 5.20. The summed E-state index contributed by atoms with van der Waals surface area (Å²) in [5.74, 6) is 0.779. The van der Waals surface area contributed by atoms with Gasteiger partial charge in [0.2, 0.25) is 0 Å². The van der Waals surface area contributed by atoms with E-state index in [0.717, 1.165) is 47.7 Å². The van der Waals surface area contributed by atoms with Gasteiger partial charge < -0.3 is 5.32 Å². The Bertz CT molecular complexity index is 451. The van der Waals surface area contributed by atoms with E-state index in [2.05, 4.69) is 32.8 Å². The molecule has 0 amide bonds. The molecule has 1 saturated heterocycles. The van der Waals surface area contributed by atoms with Gasteiger partial charge in [0.25, 0.3) is 0 Å². The van der Waals surface area contributed by atoms with Gasteiger partial charge in [0.05, 0.1) is 0 Å². The molecule has 2 aliphatic rings. The molecule has 3 rings (SSSR count). The van der Waals surface area contributed by atoms with Crippen LogP contribution in [0.5, 0.6) is 0 Å². The summed E-state index contributed by atoms with van der Waals surface area (Å²) in [6.07, 6.45) is 3.78. The molecule has 1 aromatic carbocycles. The molecule has 1 aromatic rings. The molecule has 6 heteroatoms. The van der Waals surface area contributed by atoms with Crippen molar-refractivity contribution in [3.05, 3.63) is 33.1 Å².